The lowest BCUT2D eigenvalue weighted by Gasteiger charge is -2.46. The van der Waals surface area contributed by atoms with E-state index < -0.39 is 5.41 Å². The Hall–Kier alpha value is -2.13. The maximum Gasteiger partial charge on any atom is 0.305 e. The smallest absolute Gasteiger partial charge is 0.305 e. The van der Waals surface area contributed by atoms with Crippen LogP contribution in [-0.2, 0) is 14.9 Å². The van der Waals surface area contributed by atoms with Crippen molar-refractivity contribution >= 4 is 5.97 Å². The fourth-order valence-electron chi connectivity index (χ4n) is 4.28. The summed E-state index contributed by atoms with van der Waals surface area (Å²) in [5.74, 6) is 0.0991. The minimum atomic E-state index is -0.410. The lowest BCUT2D eigenvalue weighted by molar-refractivity contribution is -0.153. The molecule has 0 radical (unpaired) electrons. The molecule has 0 saturated carbocycles. The van der Waals surface area contributed by atoms with Gasteiger partial charge in [-0.3, -0.25) is 4.79 Å². The molecule has 3 nitrogen and oxygen atoms in total. The molecule has 0 amide bonds. The summed E-state index contributed by atoms with van der Waals surface area (Å²) in [5.41, 5.74) is 1.98. The molecule has 2 atom stereocenters. The number of benzene rings is 2. The van der Waals surface area contributed by atoms with Crippen LogP contribution in [0.5, 0.6) is 0 Å². The second kappa shape index (κ2) is 9.70. The largest absolute Gasteiger partial charge is 0.461 e. The topological polar surface area (TPSA) is 29.5 Å². The first kappa shape index (κ1) is 21.2. The first-order valence-electron chi connectivity index (χ1n) is 9.91. The van der Waals surface area contributed by atoms with Crippen molar-refractivity contribution in [3.8, 4) is 0 Å². The van der Waals surface area contributed by atoms with Crippen molar-refractivity contribution in [2.45, 2.75) is 45.1 Å². The molecule has 0 spiro atoms. The Bertz CT molecular complexity index is 657. The molecule has 27 heavy (non-hydrogen) atoms. The summed E-state index contributed by atoms with van der Waals surface area (Å²) in [7, 11) is 4.19. The monoisotopic (exact) mass is 367 g/mol. The number of esters is 1. The van der Waals surface area contributed by atoms with Crippen molar-refractivity contribution in [1.82, 2.24) is 4.90 Å². The molecule has 0 aliphatic heterocycles. The highest BCUT2D eigenvalue weighted by atomic mass is 16.5. The molecule has 0 heterocycles. The van der Waals surface area contributed by atoms with Crippen molar-refractivity contribution < 1.29 is 9.53 Å². The predicted molar refractivity (Wildman–Crippen MR) is 112 cm³/mol. The molecule has 3 heteroatoms. The van der Waals surface area contributed by atoms with Crippen LogP contribution >= 0.6 is 0 Å². The summed E-state index contributed by atoms with van der Waals surface area (Å²) >= 11 is 0. The van der Waals surface area contributed by atoms with E-state index in [2.05, 4.69) is 81.4 Å². The number of carbonyl (C=O) groups is 1. The van der Waals surface area contributed by atoms with Crippen molar-refractivity contribution in [3.63, 3.8) is 0 Å². The van der Waals surface area contributed by atoms with Crippen LogP contribution in [0.3, 0.4) is 0 Å². The molecule has 146 valence electrons. The van der Waals surface area contributed by atoms with Crippen molar-refractivity contribution in [3.05, 3.63) is 71.8 Å². The molecule has 0 saturated heterocycles. The first-order chi connectivity index (χ1) is 13.0. The van der Waals surface area contributed by atoms with Crippen LogP contribution in [0.1, 0.15) is 44.7 Å². The number of nitrogens with zero attached hydrogens (tertiary/aromatic N) is 1. The zero-order valence-corrected chi connectivity index (χ0v) is 17.3. The average Bonchev–Trinajstić information content (AvgIpc) is 2.68. The lowest BCUT2D eigenvalue weighted by Crippen LogP contribution is -2.50. The third-order valence-corrected chi connectivity index (χ3v) is 5.36. The quantitative estimate of drug-likeness (QED) is 0.590. The van der Waals surface area contributed by atoms with E-state index in [9.17, 15) is 4.79 Å². The Morgan fingerprint density at radius 2 is 1.44 bits per heavy atom. The van der Waals surface area contributed by atoms with Crippen molar-refractivity contribution in [2.24, 2.45) is 5.92 Å². The fraction of sp³-hybridized carbons (Fsp3) is 0.458. The summed E-state index contributed by atoms with van der Waals surface area (Å²) in [6, 6.07) is 21.0. The molecule has 0 N–H and O–H groups in total. The lowest BCUT2D eigenvalue weighted by atomic mass is 9.62. The Morgan fingerprint density at radius 1 is 0.963 bits per heavy atom. The Kier molecular flexibility index (Phi) is 7.61. The van der Waals surface area contributed by atoms with Gasteiger partial charge < -0.3 is 9.64 Å². The van der Waals surface area contributed by atoms with E-state index >= 15 is 0 Å². The molecule has 2 unspecified atom stereocenters. The molecular weight excluding hydrogens is 334 g/mol. The first-order valence-corrected chi connectivity index (χ1v) is 9.91. The second-order valence-electron chi connectivity index (χ2n) is 7.50. The van der Waals surface area contributed by atoms with Gasteiger partial charge in [-0.15, -0.1) is 0 Å². The van der Waals surface area contributed by atoms with Gasteiger partial charge in [0.1, 0.15) is 6.10 Å². The van der Waals surface area contributed by atoms with Gasteiger partial charge in [-0.2, -0.15) is 0 Å². The van der Waals surface area contributed by atoms with Gasteiger partial charge in [-0.25, -0.2) is 0 Å². The molecule has 0 fully saturated rings. The van der Waals surface area contributed by atoms with Crippen LogP contribution in [0.15, 0.2) is 60.7 Å². The maximum absolute atomic E-state index is 12.3. The van der Waals surface area contributed by atoms with Crippen LogP contribution in [0.25, 0.3) is 0 Å². The normalized spacial score (nSPS) is 14.0. The molecule has 0 aliphatic carbocycles. The summed E-state index contributed by atoms with van der Waals surface area (Å²) < 4.78 is 6.07. The zero-order valence-electron chi connectivity index (χ0n) is 17.3. The number of hydrogen-bond acceptors (Lipinski definition) is 3. The van der Waals surface area contributed by atoms with Crippen LogP contribution < -0.4 is 0 Å². The van der Waals surface area contributed by atoms with Gasteiger partial charge in [-0.1, -0.05) is 81.4 Å². The summed E-state index contributed by atoms with van der Waals surface area (Å²) in [6.07, 6.45) is 0.913. The highest BCUT2D eigenvalue weighted by Gasteiger charge is 2.47. The second-order valence-corrected chi connectivity index (χ2v) is 7.50. The predicted octanol–water partition coefficient (Wildman–Crippen LogP) is 4.90. The zero-order chi connectivity index (χ0) is 19.9. The third kappa shape index (κ3) is 4.59. The van der Waals surface area contributed by atoms with E-state index in [4.69, 9.17) is 4.74 Å². The Labute approximate surface area is 164 Å². The van der Waals surface area contributed by atoms with Gasteiger partial charge in [0.25, 0.3) is 0 Å². The standard InChI is InChI=1S/C24H33NO2/c1-6-22(27-23(26)7-2)24(19(3)18-25(4)5,20-14-10-8-11-15-20)21-16-12-9-13-17-21/h8-17,19,22H,6-7,18H2,1-5H3. The molecule has 2 aromatic carbocycles. The molecule has 0 bridgehead atoms. The SMILES string of the molecule is CCC(=O)OC(CC)C(c1ccccc1)(c1ccccc1)C(C)CN(C)C. The maximum atomic E-state index is 12.3. The molecular formula is C24H33NO2. The van der Waals surface area contributed by atoms with Gasteiger partial charge in [0, 0.05) is 13.0 Å². The van der Waals surface area contributed by atoms with E-state index in [1.54, 1.807) is 0 Å². The minimum absolute atomic E-state index is 0.143. The third-order valence-electron chi connectivity index (χ3n) is 5.36. The van der Waals surface area contributed by atoms with E-state index in [0.717, 1.165) is 13.0 Å². The van der Waals surface area contributed by atoms with E-state index in [1.165, 1.54) is 11.1 Å². The van der Waals surface area contributed by atoms with E-state index in [-0.39, 0.29) is 18.0 Å². The summed E-state index contributed by atoms with van der Waals surface area (Å²) in [6.45, 7) is 7.12. The van der Waals surface area contributed by atoms with Crippen LogP contribution in [-0.4, -0.2) is 37.6 Å². The number of hydrogen-bond donors (Lipinski definition) is 0. The fourth-order valence-corrected chi connectivity index (χ4v) is 4.28. The van der Waals surface area contributed by atoms with Gasteiger partial charge in [0.15, 0.2) is 0 Å². The van der Waals surface area contributed by atoms with Crippen LogP contribution in [0, 0.1) is 5.92 Å². The van der Waals surface area contributed by atoms with Gasteiger partial charge in [0.2, 0.25) is 0 Å². The molecule has 0 aromatic heterocycles. The minimum Gasteiger partial charge on any atom is -0.461 e. The highest BCUT2D eigenvalue weighted by molar-refractivity contribution is 5.69. The molecule has 2 rings (SSSR count). The number of ether oxygens (including phenoxy) is 1. The Balaban J connectivity index is 2.74. The van der Waals surface area contributed by atoms with Crippen LogP contribution in [0.4, 0.5) is 0 Å². The van der Waals surface area contributed by atoms with E-state index in [0.29, 0.717) is 6.42 Å². The number of rotatable bonds is 9. The average molecular weight is 368 g/mol. The van der Waals surface area contributed by atoms with Crippen molar-refractivity contribution in [1.29, 1.82) is 0 Å². The molecule has 2 aromatic rings. The number of carbonyl (C=O) groups excluding carboxylic acids is 1. The summed E-state index contributed by atoms with van der Waals surface area (Å²) in [5, 5.41) is 0. The van der Waals surface area contributed by atoms with E-state index in [1.807, 2.05) is 19.1 Å². The van der Waals surface area contributed by atoms with Crippen LogP contribution in [0.2, 0.25) is 0 Å². The Morgan fingerprint density at radius 3 is 1.81 bits per heavy atom. The molecule has 0 aliphatic rings. The van der Waals surface area contributed by atoms with Crippen molar-refractivity contribution in [2.75, 3.05) is 20.6 Å². The van der Waals surface area contributed by atoms with Gasteiger partial charge >= 0.3 is 5.97 Å². The summed E-state index contributed by atoms with van der Waals surface area (Å²) in [4.78, 5) is 14.5. The van der Waals surface area contributed by atoms with Gasteiger partial charge in [0.05, 0.1) is 5.41 Å². The van der Waals surface area contributed by atoms with Gasteiger partial charge in [-0.05, 0) is 37.6 Å². The highest BCUT2D eigenvalue weighted by Crippen LogP contribution is 2.45.